The molecule has 168 valence electrons. The van der Waals surface area contributed by atoms with Crippen molar-refractivity contribution in [2.75, 3.05) is 25.6 Å². The van der Waals surface area contributed by atoms with Gasteiger partial charge in [0.2, 0.25) is 0 Å². The molecule has 0 bridgehead atoms. The number of nitrogens with zero attached hydrogens (tertiary/aromatic N) is 3. The van der Waals surface area contributed by atoms with Gasteiger partial charge in [-0.15, -0.1) is 11.3 Å². The minimum Gasteiger partial charge on any atom is -0.479 e. The van der Waals surface area contributed by atoms with Crippen LogP contribution in [0.25, 0.3) is 0 Å². The molecular weight excluding hydrogens is 436 g/mol. The first-order valence-electron chi connectivity index (χ1n) is 8.98. The molecule has 13 nitrogen and oxygen atoms in total. The molecule has 31 heavy (non-hydrogen) atoms. The summed E-state index contributed by atoms with van der Waals surface area (Å²) in [7, 11) is 0. The fourth-order valence-corrected chi connectivity index (χ4v) is 3.59. The van der Waals surface area contributed by atoms with Crippen LogP contribution in [-0.2, 0) is 33.6 Å². The van der Waals surface area contributed by atoms with Crippen molar-refractivity contribution in [1.82, 2.24) is 10.0 Å². The number of carboxylic acid groups (broad SMARTS) is 2. The normalized spacial score (nSPS) is 21.7. The number of amides is 1. The number of carbonyl (C=O) groups is 4. The molecule has 2 aliphatic heterocycles. The minimum absolute atomic E-state index is 0.0804. The maximum Gasteiger partial charge on any atom is 0.355 e. The van der Waals surface area contributed by atoms with E-state index in [0.717, 1.165) is 16.4 Å². The Bertz CT molecular complexity index is 953. The zero-order valence-electron chi connectivity index (χ0n) is 16.6. The van der Waals surface area contributed by atoms with E-state index in [1.54, 1.807) is 13.8 Å². The lowest BCUT2D eigenvalue weighted by atomic mass is 9.74. The number of carboxylic acids is 2. The first-order valence-corrected chi connectivity index (χ1v) is 9.86. The molecule has 2 fully saturated rings. The van der Waals surface area contributed by atoms with Crippen molar-refractivity contribution in [2.45, 2.75) is 31.4 Å². The number of oxime groups is 1. The second-order valence-corrected chi connectivity index (χ2v) is 8.42. The highest BCUT2D eigenvalue weighted by Gasteiger charge is 2.56. The monoisotopic (exact) mass is 456 g/mol. The third-order valence-electron chi connectivity index (χ3n) is 4.98. The van der Waals surface area contributed by atoms with E-state index in [1.807, 2.05) is 0 Å². The summed E-state index contributed by atoms with van der Waals surface area (Å²) >= 11 is 1.04. The molecule has 1 atom stereocenters. The Labute approximate surface area is 179 Å². The summed E-state index contributed by atoms with van der Waals surface area (Å²) in [6, 6.07) is 0. The van der Waals surface area contributed by atoms with Crippen molar-refractivity contribution < 1.29 is 43.8 Å². The van der Waals surface area contributed by atoms with Crippen LogP contribution in [0.3, 0.4) is 0 Å². The topological polar surface area (TPSA) is 191 Å². The highest BCUT2D eigenvalue weighted by molar-refractivity contribution is 7.13. The smallest absolute Gasteiger partial charge is 0.355 e. The molecule has 0 unspecified atom stereocenters. The predicted octanol–water partition coefficient (Wildman–Crippen LogP) is -0.488. The van der Waals surface area contributed by atoms with Crippen LogP contribution < -0.4 is 5.73 Å². The van der Waals surface area contributed by atoms with Crippen LogP contribution in [0.2, 0.25) is 0 Å². The SMILES string of the molecule is CC1(C)[C@H](CC(=O)/C(=N\OC2(C(=O)O)COC2)c2csc(N)n2)C(=O)N1OCC(=O)O. The standard InChI is InChI=1S/C17H20N4O9S/c1-16(2)8(13(25)21(16)29-4-11(23)24)3-10(22)12(9-5-31-15(18)19-9)20-30-17(14(26)27)6-28-7-17/h5,8H,3-4,6-7H2,1-2H3,(H2,18,19)(H,23,24)(H,26,27)/b20-12-/t8-/m1/s1. The molecule has 0 saturated carbocycles. The minimum atomic E-state index is -1.71. The molecule has 4 N–H and O–H groups in total. The zero-order chi connectivity index (χ0) is 23.0. The summed E-state index contributed by atoms with van der Waals surface area (Å²) in [5, 5.41) is 24.3. The number of aliphatic carboxylic acids is 2. The molecule has 2 saturated heterocycles. The van der Waals surface area contributed by atoms with E-state index < -0.39 is 47.3 Å². The summed E-state index contributed by atoms with van der Waals surface area (Å²) in [5.74, 6) is -4.56. The molecule has 2 aliphatic rings. The van der Waals surface area contributed by atoms with Crippen LogP contribution >= 0.6 is 11.3 Å². The highest BCUT2D eigenvalue weighted by atomic mass is 32.1. The molecule has 14 heteroatoms. The van der Waals surface area contributed by atoms with Crippen molar-refractivity contribution in [2.24, 2.45) is 11.1 Å². The molecule has 0 aliphatic carbocycles. The maximum absolute atomic E-state index is 13.0. The number of anilines is 1. The van der Waals surface area contributed by atoms with E-state index in [9.17, 15) is 24.3 Å². The molecule has 3 rings (SSSR count). The number of nitrogen functional groups attached to an aromatic ring is 1. The third-order valence-corrected chi connectivity index (χ3v) is 5.66. The Morgan fingerprint density at radius 2 is 2.06 bits per heavy atom. The van der Waals surface area contributed by atoms with E-state index in [1.165, 1.54) is 5.38 Å². The van der Waals surface area contributed by atoms with E-state index in [-0.39, 0.29) is 36.2 Å². The Kier molecular flexibility index (Phi) is 5.98. The number of rotatable bonds is 10. The van der Waals surface area contributed by atoms with Gasteiger partial charge in [-0.25, -0.2) is 19.6 Å². The van der Waals surface area contributed by atoms with Gasteiger partial charge in [0.25, 0.3) is 11.5 Å². The first kappa shape index (κ1) is 22.6. The van der Waals surface area contributed by atoms with Gasteiger partial charge in [0.1, 0.15) is 18.9 Å². The van der Waals surface area contributed by atoms with Crippen LogP contribution in [0.5, 0.6) is 0 Å². The van der Waals surface area contributed by atoms with E-state index in [0.29, 0.717) is 0 Å². The molecular formula is C17H20N4O9S. The number of hydrogen-bond donors (Lipinski definition) is 3. The third kappa shape index (κ3) is 4.22. The number of aromatic nitrogens is 1. The van der Waals surface area contributed by atoms with Crippen molar-refractivity contribution in [3.05, 3.63) is 11.1 Å². The number of thiazole rings is 1. The van der Waals surface area contributed by atoms with E-state index in [4.69, 9.17) is 25.3 Å². The summed E-state index contributed by atoms with van der Waals surface area (Å²) < 4.78 is 4.89. The van der Waals surface area contributed by atoms with Crippen LogP contribution in [0.4, 0.5) is 5.13 Å². The maximum atomic E-state index is 13.0. The van der Waals surface area contributed by atoms with E-state index in [2.05, 4.69) is 10.1 Å². The summed E-state index contributed by atoms with van der Waals surface area (Å²) in [5.41, 5.74) is 2.75. The number of β-lactam (4-membered cyclic amide) rings is 1. The Morgan fingerprint density at radius 1 is 1.39 bits per heavy atom. The van der Waals surface area contributed by atoms with Crippen LogP contribution in [0.15, 0.2) is 10.5 Å². The number of hydroxylamine groups is 2. The second-order valence-electron chi connectivity index (χ2n) is 7.53. The quantitative estimate of drug-likeness (QED) is 0.234. The molecule has 1 aromatic heterocycles. The largest absolute Gasteiger partial charge is 0.479 e. The van der Waals surface area contributed by atoms with Crippen LogP contribution in [0, 0.1) is 5.92 Å². The van der Waals surface area contributed by atoms with Gasteiger partial charge in [-0.3, -0.25) is 14.4 Å². The van der Waals surface area contributed by atoms with Crippen molar-refractivity contribution >= 4 is 45.8 Å². The molecule has 0 spiro atoms. The Balaban J connectivity index is 1.78. The van der Waals surface area contributed by atoms with Gasteiger partial charge in [-0.05, 0) is 13.8 Å². The van der Waals surface area contributed by atoms with Gasteiger partial charge in [0.15, 0.2) is 23.2 Å². The van der Waals surface area contributed by atoms with Gasteiger partial charge in [-0.1, -0.05) is 5.16 Å². The number of nitrogens with two attached hydrogens (primary N) is 1. The molecule has 0 aromatic carbocycles. The number of ether oxygens (including phenoxy) is 1. The summed E-state index contributed by atoms with van der Waals surface area (Å²) in [4.78, 5) is 61.6. The van der Waals surface area contributed by atoms with Crippen LogP contribution in [0.1, 0.15) is 26.0 Å². The fraction of sp³-hybridized carbons (Fsp3) is 0.529. The average molecular weight is 456 g/mol. The number of hydrogen-bond acceptors (Lipinski definition) is 11. The van der Waals surface area contributed by atoms with Gasteiger partial charge in [-0.2, -0.15) is 0 Å². The van der Waals surface area contributed by atoms with Crippen molar-refractivity contribution in [1.29, 1.82) is 0 Å². The molecule has 1 aromatic rings. The lowest BCUT2D eigenvalue weighted by Crippen LogP contribution is -2.68. The Hall–Kier alpha value is -3.10. The highest BCUT2D eigenvalue weighted by Crippen LogP contribution is 2.40. The molecule has 3 heterocycles. The van der Waals surface area contributed by atoms with Gasteiger partial charge < -0.3 is 25.5 Å². The fourth-order valence-electron chi connectivity index (χ4n) is 3.04. The van der Waals surface area contributed by atoms with Gasteiger partial charge in [0, 0.05) is 11.8 Å². The zero-order valence-corrected chi connectivity index (χ0v) is 17.4. The van der Waals surface area contributed by atoms with Crippen LogP contribution in [-0.4, -0.2) is 80.6 Å². The van der Waals surface area contributed by atoms with E-state index >= 15 is 0 Å². The lowest BCUT2D eigenvalue weighted by Gasteiger charge is -2.51. The predicted molar refractivity (Wildman–Crippen MR) is 103 cm³/mol. The number of Topliss-reactive ketones (excluding diaryl/α,β-unsaturated/α-hetero) is 1. The van der Waals surface area contributed by atoms with Crippen molar-refractivity contribution in [3.63, 3.8) is 0 Å². The second kappa shape index (κ2) is 8.20. The lowest BCUT2D eigenvalue weighted by molar-refractivity contribution is -0.267. The molecule has 1 amide bonds. The summed E-state index contributed by atoms with van der Waals surface area (Å²) in [6.07, 6.45) is -0.311. The molecule has 0 radical (unpaired) electrons. The van der Waals surface area contributed by atoms with Gasteiger partial charge >= 0.3 is 11.9 Å². The average Bonchev–Trinajstić information content (AvgIpc) is 3.06. The first-order chi connectivity index (χ1) is 14.5. The summed E-state index contributed by atoms with van der Waals surface area (Å²) in [6.45, 7) is 2.06. The number of ketones is 1. The van der Waals surface area contributed by atoms with Gasteiger partial charge in [0.05, 0.1) is 11.5 Å². The Morgan fingerprint density at radius 3 is 2.52 bits per heavy atom. The number of carbonyl (C=O) groups excluding carboxylic acids is 2. The van der Waals surface area contributed by atoms with Crippen molar-refractivity contribution in [3.8, 4) is 0 Å².